The van der Waals surface area contributed by atoms with E-state index in [4.69, 9.17) is 12.2 Å². The molecular formula is C12H12N2O4S2-2. The van der Waals surface area contributed by atoms with Gasteiger partial charge in [0, 0.05) is 17.2 Å². The van der Waals surface area contributed by atoms with Crippen LogP contribution in [0.5, 0.6) is 0 Å². The number of carbonyl (C=O) groups excluding carboxylic acids is 2. The summed E-state index contributed by atoms with van der Waals surface area (Å²) in [5.74, 6) is -2.89. The molecule has 1 aromatic carbocycles. The van der Waals surface area contributed by atoms with Gasteiger partial charge in [-0.15, -0.1) is 0 Å². The van der Waals surface area contributed by atoms with Crippen molar-refractivity contribution in [3.63, 3.8) is 0 Å². The van der Waals surface area contributed by atoms with Crippen LogP contribution in [-0.4, -0.2) is 34.6 Å². The number of benzene rings is 1. The summed E-state index contributed by atoms with van der Waals surface area (Å²) in [6, 6.07) is 7.90. The van der Waals surface area contributed by atoms with Gasteiger partial charge in [0.2, 0.25) is 0 Å². The van der Waals surface area contributed by atoms with Crippen LogP contribution in [0, 0.1) is 0 Å². The number of carboxylic acids is 2. The minimum Gasteiger partial charge on any atom is -0.549 e. The predicted molar refractivity (Wildman–Crippen MR) is 76.9 cm³/mol. The highest BCUT2D eigenvalue weighted by atomic mass is 32.2. The highest BCUT2D eigenvalue weighted by molar-refractivity contribution is 8.00. The molecule has 0 saturated carbocycles. The molecule has 0 radical (unpaired) electrons. The summed E-state index contributed by atoms with van der Waals surface area (Å²) in [6.07, 6.45) is 0. The average Bonchev–Trinajstić information content (AvgIpc) is 2.38. The molecule has 0 bridgehead atoms. The van der Waals surface area contributed by atoms with Gasteiger partial charge in [0.1, 0.15) is 0 Å². The van der Waals surface area contributed by atoms with Crippen molar-refractivity contribution in [3.8, 4) is 0 Å². The third kappa shape index (κ3) is 6.39. The first-order chi connectivity index (χ1) is 9.49. The van der Waals surface area contributed by atoms with E-state index in [1.165, 1.54) is 0 Å². The topological polar surface area (TPSA) is 104 Å². The second kappa shape index (κ2) is 8.39. The van der Waals surface area contributed by atoms with Crippen LogP contribution in [0.1, 0.15) is 0 Å². The second-order valence-corrected chi connectivity index (χ2v) is 5.16. The monoisotopic (exact) mass is 312 g/mol. The van der Waals surface area contributed by atoms with Crippen LogP contribution < -0.4 is 20.8 Å². The van der Waals surface area contributed by atoms with E-state index in [9.17, 15) is 19.8 Å². The van der Waals surface area contributed by atoms with Gasteiger partial charge >= 0.3 is 0 Å². The van der Waals surface area contributed by atoms with Crippen LogP contribution in [0.4, 0.5) is 5.69 Å². The maximum absolute atomic E-state index is 10.9. The fourth-order valence-electron chi connectivity index (χ4n) is 1.28. The number of aliphatic carboxylic acids is 2. The largest absolute Gasteiger partial charge is 0.549 e. The number of carboxylic acid groups (broad SMARTS) is 2. The van der Waals surface area contributed by atoms with E-state index < -0.39 is 18.0 Å². The average molecular weight is 312 g/mol. The van der Waals surface area contributed by atoms with Crippen molar-refractivity contribution in [1.82, 2.24) is 5.32 Å². The Morgan fingerprint density at radius 1 is 1.25 bits per heavy atom. The summed E-state index contributed by atoms with van der Waals surface area (Å²) in [6.45, 7) is 0. The molecule has 20 heavy (non-hydrogen) atoms. The Morgan fingerprint density at radius 3 is 2.45 bits per heavy atom. The van der Waals surface area contributed by atoms with Crippen molar-refractivity contribution < 1.29 is 19.8 Å². The molecule has 1 rings (SSSR count). The van der Waals surface area contributed by atoms with E-state index in [2.05, 4.69) is 10.6 Å². The first-order valence-electron chi connectivity index (χ1n) is 5.60. The van der Waals surface area contributed by atoms with Crippen LogP contribution >= 0.6 is 24.0 Å². The number of carbonyl (C=O) groups is 2. The van der Waals surface area contributed by atoms with E-state index in [0.717, 1.165) is 11.8 Å². The Hall–Kier alpha value is -1.80. The van der Waals surface area contributed by atoms with Crippen LogP contribution in [0.3, 0.4) is 0 Å². The summed E-state index contributed by atoms with van der Waals surface area (Å²) in [4.78, 5) is 21.2. The maximum Gasteiger partial charge on any atom is 0.171 e. The molecule has 1 aromatic rings. The zero-order valence-electron chi connectivity index (χ0n) is 10.3. The summed E-state index contributed by atoms with van der Waals surface area (Å²) in [5, 5.41) is 26.7. The summed E-state index contributed by atoms with van der Waals surface area (Å²) in [7, 11) is 0. The number of anilines is 1. The zero-order chi connectivity index (χ0) is 15.0. The number of hydrogen-bond donors (Lipinski definition) is 2. The lowest BCUT2D eigenvalue weighted by atomic mass is 10.3. The molecule has 0 aliphatic rings. The Bertz CT molecular complexity index is 482. The number of rotatable bonds is 7. The molecule has 0 aliphatic heterocycles. The zero-order valence-corrected chi connectivity index (χ0v) is 12.0. The molecule has 0 fully saturated rings. The first-order valence-corrected chi connectivity index (χ1v) is 7.16. The number of thiocarbonyl (C=S) groups is 1. The van der Waals surface area contributed by atoms with E-state index in [0.29, 0.717) is 5.69 Å². The van der Waals surface area contributed by atoms with Crippen molar-refractivity contribution in [2.75, 3.05) is 16.8 Å². The highest BCUT2D eigenvalue weighted by Gasteiger charge is 2.11. The molecular weight excluding hydrogens is 300 g/mol. The smallest absolute Gasteiger partial charge is 0.171 e. The maximum atomic E-state index is 10.9. The van der Waals surface area contributed by atoms with Crippen LogP contribution in [0.25, 0.3) is 0 Å². The highest BCUT2D eigenvalue weighted by Crippen LogP contribution is 2.06. The fraction of sp³-hybridized carbons (Fsp3) is 0.250. The van der Waals surface area contributed by atoms with Crippen LogP contribution in [0.2, 0.25) is 0 Å². The molecule has 0 heterocycles. The lowest BCUT2D eigenvalue weighted by Crippen LogP contribution is -2.50. The lowest BCUT2D eigenvalue weighted by Gasteiger charge is -2.21. The number of hydrogen-bond acceptors (Lipinski definition) is 6. The van der Waals surface area contributed by atoms with Gasteiger partial charge in [-0.25, -0.2) is 0 Å². The summed E-state index contributed by atoms with van der Waals surface area (Å²) < 4.78 is 0. The van der Waals surface area contributed by atoms with E-state index >= 15 is 0 Å². The number of para-hydroxylation sites is 1. The van der Waals surface area contributed by atoms with Crippen molar-refractivity contribution in [3.05, 3.63) is 30.3 Å². The Kier molecular flexibility index (Phi) is 6.82. The molecule has 6 nitrogen and oxygen atoms in total. The molecule has 0 aromatic heterocycles. The molecule has 2 N–H and O–H groups in total. The Balaban J connectivity index is 2.46. The van der Waals surface area contributed by atoms with E-state index in [1.54, 1.807) is 24.3 Å². The normalized spacial score (nSPS) is 11.4. The number of nitrogens with one attached hydrogen (secondary N) is 2. The Morgan fingerprint density at radius 2 is 1.90 bits per heavy atom. The molecule has 0 amide bonds. The standard InChI is InChI=1S/C12H14N2O4S2/c15-10(16)7-20-6-9(11(17)18)14-12(19)13-8-4-2-1-3-5-8/h1-5,9H,6-7H2,(H,15,16)(H,17,18)(H2,13,14,19)/p-2/t9-/m1/s1. The minimum atomic E-state index is -1.35. The quantitative estimate of drug-likeness (QED) is 0.591. The van der Waals surface area contributed by atoms with Gasteiger partial charge in [0.15, 0.2) is 5.11 Å². The SMILES string of the molecule is O=C([O-])CSC[C@@H](NC(=S)Nc1ccccc1)C(=O)[O-]. The third-order valence-corrected chi connectivity index (χ3v) is 3.35. The van der Waals surface area contributed by atoms with Gasteiger partial charge in [0.25, 0.3) is 0 Å². The lowest BCUT2D eigenvalue weighted by molar-refractivity contribution is -0.307. The first kappa shape index (κ1) is 16.3. The minimum absolute atomic E-state index is 0.00687. The molecule has 0 unspecified atom stereocenters. The van der Waals surface area contributed by atoms with Crippen molar-refractivity contribution in [2.24, 2.45) is 0 Å². The van der Waals surface area contributed by atoms with E-state index in [1.807, 2.05) is 6.07 Å². The Labute approximate surface area is 125 Å². The molecule has 108 valence electrons. The predicted octanol–water partition coefficient (Wildman–Crippen LogP) is -1.43. The van der Waals surface area contributed by atoms with Crippen molar-refractivity contribution in [2.45, 2.75) is 6.04 Å². The van der Waals surface area contributed by atoms with Gasteiger partial charge in [0.05, 0.1) is 18.0 Å². The second-order valence-electron chi connectivity index (χ2n) is 3.72. The van der Waals surface area contributed by atoms with Gasteiger partial charge < -0.3 is 30.4 Å². The molecule has 8 heteroatoms. The van der Waals surface area contributed by atoms with Crippen molar-refractivity contribution >= 4 is 46.7 Å². The van der Waals surface area contributed by atoms with Crippen LogP contribution in [-0.2, 0) is 9.59 Å². The summed E-state index contributed by atoms with van der Waals surface area (Å²) >= 11 is 5.90. The van der Waals surface area contributed by atoms with Gasteiger partial charge in [-0.3, -0.25) is 0 Å². The van der Waals surface area contributed by atoms with Gasteiger partial charge in [-0.2, -0.15) is 11.8 Å². The number of thioether (sulfide) groups is 1. The van der Waals surface area contributed by atoms with Crippen LogP contribution in [0.15, 0.2) is 30.3 Å². The van der Waals surface area contributed by atoms with E-state index in [-0.39, 0.29) is 16.6 Å². The van der Waals surface area contributed by atoms with Gasteiger partial charge in [-0.1, -0.05) is 18.2 Å². The third-order valence-electron chi connectivity index (χ3n) is 2.13. The summed E-state index contributed by atoms with van der Waals surface area (Å²) in [5.41, 5.74) is 0.712. The van der Waals surface area contributed by atoms with Crippen molar-refractivity contribution in [1.29, 1.82) is 0 Å². The fourth-order valence-corrected chi connectivity index (χ4v) is 2.28. The molecule has 0 aliphatic carbocycles. The molecule has 1 atom stereocenters. The molecule has 0 saturated heterocycles. The molecule has 0 spiro atoms. The van der Waals surface area contributed by atoms with Gasteiger partial charge in [-0.05, 0) is 24.4 Å².